The highest BCUT2D eigenvalue weighted by atomic mass is 19.1. The van der Waals surface area contributed by atoms with Crippen LogP contribution in [-0.4, -0.2) is 44.9 Å². The highest BCUT2D eigenvalue weighted by Crippen LogP contribution is 2.47. The van der Waals surface area contributed by atoms with E-state index in [0.29, 0.717) is 11.3 Å². The minimum Gasteiger partial charge on any atom is -0.383 e. The van der Waals surface area contributed by atoms with Gasteiger partial charge < -0.3 is 18.6 Å². The van der Waals surface area contributed by atoms with Crippen LogP contribution in [0.15, 0.2) is 27.8 Å². The van der Waals surface area contributed by atoms with Gasteiger partial charge in [0.2, 0.25) is 5.82 Å². The predicted molar refractivity (Wildman–Crippen MR) is 105 cm³/mol. The fourth-order valence-electron chi connectivity index (χ4n) is 3.78. The Balaban J connectivity index is 1.80. The lowest BCUT2D eigenvalue weighted by Crippen LogP contribution is -2.25. The Bertz CT molecular complexity index is 1430. The van der Waals surface area contributed by atoms with Crippen LogP contribution in [0.1, 0.15) is 24.2 Å². The quantitative estimate of drug-likeness (QED) is 0.461. The van der Waals surface area contributed by atoms with Crippen LogP contribution < -0.4 is 5.56 Å². The summed E-state index contributed by atoms with van der Waals surface area (Å²) in [6, 6.07) is 4.54. The summed E-state index contributed by atoms with van der Waals surface area (Å²) >= 11 is 0. The number of nitriles is 1. The van der Waals surface area contributed by atoms with Gasteiger partial charge >= 0.3 is 0 Å². The summed E-state index contributed by atoms with van der Waals surface area (Å²) in [6.45, 7) is 0.310. The van der Waals surface area contributed by atoms with E-state index in [1.165, 1.54) is 34.5 Å². The zero-order valence-electron chi connectivity index (χ0n) is 16.8. The highest BCUT2D eigenvalue weighted by Gasteiger charge is 2.49. The smallest absolute Gasteiger partial charge is 0.279 e. The van der Waals surface area contributed by atoms with Crippen LogP contribution in [-0.2, 0) is 21.6 Å². The van der Waals surface area contributed by atoms with Gasteiger partial charge in [-0.25, -0.2) is 9.37 Å². The summed E-state index contributed by atoms with van der Waals surface area (Å²) in [5.41, 5.74) is -0.267. The van der Waals surface area contributed by atoms with Gasteiger partial charge in [-0.2, -0.15) is 10.2 Å². The van der Waals surface area contributed by atoms with Crippen LogP contribution in [0.2, 0.25) is 0 Å². The monoisotopic (exact) mass is 424 g/mol. The van der Waals surface area contributed by atoms with Crippen LogP contribution in [0.5, 0.6) is 0 Å². The molecule has 0 atom stereocenters. The Morgan fingerprint density at radius 2 is 2.13 bits per heavy atom. The number of fused-ring (bicyclic) bond motifs is 3. The van der Waals surface area contributed by atoms with Crippen molar-refractivity contribution in [2.45, 2.75) is 25.0 Å². The molecule has 1 aromatic carbocycles. The van der Waals surface area contributed by atoms with Crippen LogP contribution in [0, 0.1) is 17.1 Å². The van der Waals surface area contributed by atoms with Crippen molar-refractivity contribution in [1.29, 1.82) is 5.26 Å². The average molecular weight is 424 g/mol. The van der Waals surface area contributed by atoms with E-state index in [1.807, 2.05) is 6.07 Å². The van der Waals surface area contributed by atoms with Gasteiger partial charge in [-0.1, -0.05) is 5.16 Å². The number of methoxy groups -OCH3 is 2. The van der Waals surface area contributed by atoms with E-state index in [2.05, 4.69) is 15.1 Å². The molecule has 0 saturated heterocycles. The van der Waals surface area contributed by atoms with Gasteiger partial charge in [0.25, 0.3) is 11.4 Å². The maximum atomic E-state index is 14.3. The summed E-state index contributed by atoms with van der Waals surface area (Å²) in [5.74, 6) is -0.227. The molecule has 1 aliphatic rings. The van der Waals surface area contributed by atoms with Gasteiger partial charge in [0, 0.05) is 20.8 Å². The maximum Gasteiger partial charge on any atom is 0.279 e. The molecule has 4 aromatic rings. The lowest BCUT2D eigenvalue weighted by Gasteiger charge is -2.13. The van der Waals surface area contributed by atoms with Crippen molar-refractivity contribution < 1.29 is 18.4 Å². The normalized spacial score (nSPS) is 14.9. The third kappa shape index (κ3) is 2.76. The first-order chi connectivity index (χ1) is 15.0. The Morgan fingerprint density at radius 3 is 2.81 bits per heavy atom. The second-order valence-electron chi connectivity index (χ2n) is 7.28. The molecule has 0 N–H and O–H groups in total. The number of hydrogen-bond acceptors (Lipinski definition) is 8. The lowest BCUT2D eigenvalue weighted by molar-refractivity contribution is 0.0689. The number of ether oxygens (including phenoxy) is 2. The molecule has 1 saturated carbocycles. The third-order valence-electron chi connectivity index (χ3n) is 5.61. The summed E-state index contributed by atoms with van der Waals surface area (Å²) < 4.78 is 33.1. The van der Waals surface area contributed by atoms with Crippen molar-refractivity contribution in [3.63, 3.8) is 0 Å². The van der Waals surface area contributed by atoms with Crippen LogP contribution in [0.25, 0.3) is 28.1 Å². The van der Waals surface area contributed by atoms with E-state index in [4.69, 9.17) is 14.0 Å². The summed E-state index contributed by atoms with van der Waals surface area (Å²) in [7, 11) is 3.08. The zero-order valence-corrected chi connectivity index (χ0v) is 16.8. The van der Waals surface area contributed by atoms with E-state index in [1.54, 1.807) is 7.11 Å². The Labute approximate surface area is 174 Å². The molecule has 1 fully saturated rings. The van der Waals surface area contributed by atoms with Gasteiger partial charge in [-0.3, -0.25) is 9.20 Å². The molecule has 5 rings (SSSR count). The maximum absolute atomic E-state index is 14.3. The van der Waals surface area contributed by atoms with Crippen LogP contribution in [0.3, 0.4) is 0 Å². The highest BCUT2D eigenvalue weighted by molar-refractivity contribution is 5.87. The summed E-state index contributed by atoms with van der Waals surface area (Å²) in [4.78, 5) is 22.2. The Hall–Kier alpha value is -3.62. The van der Waals surface area contributed by atoms with Gasteiger partial charge in [0.05, 0.1) is 17.6 Å². The molecule has 0 bridgehead atoms. The van der Waals surface area contributed by atoms with Crippen molar-refractivity contribution in [3.05, 3.63) is 46.0 Å². The number of nitrogens with zero attached hydrogens (tertiary/aromatic N) is 6. The number of benzene rings is 1. The van der Waals surface area contributed by atoms with Crippen molar-refractivity contribution in [3.8, 4) is 17.7 Å². The number of imidazole rings is 1. The van der Waals surface area contributed by atoms with Crippen molar-refractivity contribution in [2.24, 2.45) is 0 Å². The zero-order chi connectivity index (χ0) is 21.8. The predicted octanol–water partition coefficient (Wildman–Crippen LogP) is 1.99. The first kappa shape index (κ1) is 19.3. The molecule has 31 heavy (non-hydrogen) atoms. The van der Waals surface area contributed by atoms with E-state index < -0.39 is 17.0 Å². The molecule has 3 aromatic heterocycles. The number of rotatable bonds is 6. The second-order valence-corrected chi connectivity index (χ2v) is 7.28. The first-order valence-corrected chi connectivity index (χ1v) is 9.55. The summed E-state index contributed by atoms with van der Waals surface area (Å²) in [6.07, 6.45) is 2.98. The molecule has 3 heterocycles. The van der Waals surface area contributed by atoms with Crippen LogP contribution in [0.4, 0.5) is 4.39 Å². The first-order valence-electron chi connectivity index (χ1n) is 9.55. The van der Waals surface area contributed by atoms with Gasteiger partial charge in [0.1, 0.15) is 34.9 Å². The number of hydrogen-bond donors (Lipinski definition) is 0. The van der Waals surface area contributed by atoms with E-state index in [0.717, 1.165) is 12.8 Å². The molecule has 0 amide bonds. The molecule has 11 heteroatoms. The summed E-state index contributed by atoms with van der Waals surface area (Å²) in [5, 5.41) is 13.5. The topological polar surface area (TPSA) is 120 Å². The van der Waals surface area contributed by atoms with Gasteiger partial charge in [0.15, 0.2) is 5.69 Å². The van der Waals surface area contributed by atoms with Crippen molar-refractivity contribution in [2.75, 3.05) is 20.8 Å². The minimum absolute atomic E-state index is 0.0817. The van der Waals surface area contributed by atoms with E-state index in [-0.39, 0.29) is 41.3 Å². The fraction of sp³-hybridized carbons (Fsp3) is 0.350. The van der Waals surface area contributed by atoms with Crippen molar-refractivity contribution in [1.82, 2.24) is 24.1 Å². The Morgan fingerprint density at radius 1 is 1.32 bits per heavy atom. The largest absolute Gasteiger partial charge is 0.383 e. The number of aromatic nitrogens is 5. The molecule has 0 spiro atoms. The second kappa shape index (κ2) is 6.97. The molecule has 10 nitrogen and oxygen atoms in total. The number of halogens is 1. The molecular formula is C20H17FN6O4. The SMILES string of the molecule is COCCn1c(=O)c2c(-c3nc(C4(OC)CC4)no3)ncn2c2ccc(F)c(C#N)c21. The van der Waals surface area contributed by atoms with Gasteiger partial charge in [-0.15, -0.1) is 0 Å². The van der Waals surface area contributed by atoms with Crippen LogP contribution >= 0.6 is 0 Å². The van der Waals surface area contributed by atoms with E-state index in [9.17, 15) is 14.4 Å². The molecule has 0 unspecified atom stereocenters. The molecule has 0 radical (unpaired) electrons. The average Bonchev–Trinajstić information content (AvgIpc) is 3.20. The van der Waals surface area contributed by atoms with Gasteiger partial charge in [-0.05, 0) is 25.0 Å². The lowest BCUT2D eigenvalue weighted by atomic mass is 10.1. The third-order valence-corrected chi connectivity index (χ3v) is 5.61. The molecular weight excluding hydrogens is 407 g/mol. The molecule has 158 valence electrons. The molecule has 1 aliphatic carbocycles. The standard InChI is InChI=1S/C20H17FN6O4/c1-29-8-7-26-15-11(9-22)12(21)3-4-13(15)27-10-23-14(16(27)18(26)28)17-24-19(25-31-17)20(30-2)5-6-20/h3-4,10H,5-8H2,1-2H3. The minimum atomic E-state index is -0.712. The molecule has 0 aliphatic heterocycles. The Kier molecular flexibility index (Phi) is 4.35. The fourth-order valence-corrected chi connectivity index (χ4v) is 3.78. The van der Waals surface area contributed by atoms with E-state index >= 15 is 0 Å². The van der Waals surface area contributed by atoms with Crippen molar-refractivity contribution >= 4 is 16.6 Å².